The van der Waals surface area contributed by atoms with E-state index in [1.807, 2.05) is 4.90 Å². The van der Waals surface area contributed by atoms with Crippen molar-refractivity contribution in [3.8, 4) is 0 Å². The van der Waals surface area contributed by atoms with Gasteiger partial charge in [-0.3, -0.25) is 4.99 Å². The first-order chi connectivity index (χ1) is 9.60. The number of hydrogen-bond acceptors (Lipinski definition) is 3. The van der Waals surface area contributed by atoms with Gasteiger partial charge >= 0.3 is 0 Å². The van der Waals surface area contributed by atoms with E-state index in [0.717, 1.165) is 11.6 Å². The van der Waals surface area contributed by atoms with E-state index in [2.05, 4.69) is 54.2 Å². The predicted octanol–water partition coefficient (Wildman–Crippen LogP) is 4.06. The van der Waals surface area contributed by atoms with E-state index in [4.69, 9.17) is 4.99 Å². The zero-order valence-electron chi connectivity index (χ0n) is 13.3. The molecule has 118 valence electrons. The number of pyridine rings is 1. The van der Waals surface area contributed by atoms with Crippen LogP contribution in [0.15, 0.2) is 21.7 Å². The Morgan fingerprint density at radius 1 is 1.38 bits per heavy atom. The van der Waals surface area contributed by atoms with Gasteiger partial charge in [0.15, 0.2) is 11.6 Å². The Bertz CT molecular complexity index is 559. The standard InChI is InChI=1S/C15H23BrFN3S/c1-15(2,3)21(4,5)10-19-12-8-20(9-12)14-13(17)6-11(16)7-18-14/h6-7H,8-10H2,1-5H3. The lowest BCUT2D eigenvalue weighted by Gasteiger charge is -2.44. The summed E-state index contributed by atoms with van der Waals surface area (Å²) in [5.74, 6) is 1.01. The van der Waals surface area contributed by atoms with Crippen LogP contribution in [0.2, 0.25) is 0 Å². The largest absolute Gasteiger partial charge is 0.343 e. The van der Waals surface area contributed by atoms with Crippen LogP contribution in [0.1, 0.15) is 20.8 Å². The number of aromatic nitrogens is 1. The molecule has 0 amide bonds. The number of halogens is 2. The van der Waals surface area contributed by atoms with Gasteiger partial charge < -0.3 is 4.90 Å². The first-order valence-electron chi connectivity index (χ1n) is 6.89. The van der Waals surface area contributed by atoms with Crippen molar-refractivity contribution in [2.45, 2.75) is 25.5 Å². The summed E-state index contributed by atoms with van der Waals surface area (Å²) in [5, 5.41) is 0. The average Bonchev–Trinajstić information content (AvgIpc) is 2.27. The van der Waals surface area contributed by atoms with E-state index in [-0.39, 0.29) is 5.82 Å². The van der Waals surface area contributed by atoms with Crippen molar-refractivity contribution >= 4 is 37.5 Å². The molecule has 2 rings (SSSR count). The first-order valence-corrected chi connectivity index (χ1v) is 10.3. The lowest BCUT2D eigenvalue weighted by molar-refractivity contribution is 0.612. The summed E-state index contributed by atoms with van der Waals surface area (Å²) in [6, 6.07) is 1.45. The van der Waals surface area contributed by atoms with Crippen LogP contribution < -0.4 is 4.90 Å². The fraction of sp³-hybridized carbons (Fsp3) is 0.600. The van der Waals surface area contributed by atoms with Gasteiger partial charge in [-0.1, -0.05) is 20.8 Å². The molecule has 0 N–H and O–H groups in total. The van der Waals surface area contributed by atoms with Gasteiger partial charge in [0, 0.05) is 10.7 Å². The summed E-state index contributed by atoms with van der Waals surface area (Å²) in [6.07, 6.45) is 6.27. The van der Waals surface area contributed by atoms with Crippen molar-refractivity contribution in [3.63, 3.8) is 0 Å². The molecule has 0 aliphatic carbocycles. The molecule has 0 unspecified atom stereocenters. The highest BCUT2D eigenvalue weighted by Crippen LogP contribution is 2.52. The van der Waals surface area contributed by atoms with Crippen LogP contribution in [0, 0.1) is 5.82 Å². The predicted molar refractivity (Wildman–Crippen MR) is 95.6 cm³/mol. The molecule has 1 aliphatic rings. The molecular formula is C15H23BrFN3S. The molecule has 2 heterocycles. The van der Waals surface area contributed by atoms with Crippen LogP contribution in [0.4, 0.5) is 10.2 Å². The van der Waals surface area contributed by atoms with E-state index in [0.29, 0.717) is 28.1 Å². The molecule has 0 saturated carbocycles. The Kier molecular flexibility index (Phi) is 4.69. The van der Waals surface area contributed by atoms with Crippen LogP contribution in [0.25, 0.3) is 0 Å². The zero-order valence-corrected chi connectivity index (χ0v) is 15.7. The third kappa shape index (κ3) is 3.77. The second-order valence-corrected chi connectivity index (χ2v) is 12.3. The topological polar surface area (TPSA) is 28.5 Å². The molecule has 1 aromatic heterocycles. The Hall–Kier alpha value is -0.620. The van der Waals surface area contributed by atoms with E-state index < -0.39 is 10.0 Å². The Balaban J connectivity index is 1.96. The summed E-state index contributed by atoms with van der Waals surface area (Å²) >= 11 is 3.22. The molecule has 1 aliphatic heterocycles. The van der Waals surface area contributed by atoms with Crippen LogP contribution in [0.3, 0.4) is 0 Å². The molecule has 1 aromatic rings. The smallest absolute Gasteiger partial charge is 0.166 e. The van der Waals surface area contributed by atoms with Gasteiger partial charge in [0.2, 0.25) is 0 Å². The minimum absolute atomic E-state index is 0.288. The maximum Gasteiger partial charge on any atom is 0.166 e. The molecule has 6 heteroatoms. The van der Waals surface area contributed by atoms with Crippen molar-refractivity contribution in [1.29, 1.82) is 0 Å². The Morgan fingerprint density at radius 3 is 2.52 bits per heavy atom. The third-order valence-corrected chi connectivity index (χ3v) is 8.63. The number of rotatable bonds is 3. The van der Waals surface area contributed by atoms with Gasteiger partial charge in [0.1, 0.15) is 0 Å². The lowest BCUT2D eigenvalue weighted by atomic mass is 10.2. The molecular weight excluding hydrogens is 353 g/mol. The molecule has 0 atom stereocenters. The van der Waals surface area contributed by atoms with Crippen molar-refractivity contribution < 1.29 is 4.39 Å². The molecule has 0 radical (unpaired) electrons. The van der Waals surface area contributed by atoms with Gasteiger partial charge in [-0.25, -0.2) is 19.4 Å². The third-order valence-electron chi connectivity index (χ3n) is 4.10. The molecule has 1 saturated heterocycles. The van der Waals surface area contributed by atoms with Crippen molar-refractivity contribution in [2.24, 2.45) is 4.99 Å². The van der Waals surface area contributed by atoms with Gasteiger partial charge in [0.25, 0.3) is 0 Å². The molecule has 21 heavy (non-hydrogen) atoms. The first kappa shape index (κ1) is 16.7. The molecule has 1 fully saturated rings. The fourth-order valence-corrected chi connectivity index (χ4v) is 2.93. The van der Waals surface area contributed by atoms with E-state index >= 15 is 0 Å². The van der Waals surface area contributed by atoms with Gasteiger partial charge in [-0.15, -0.1) is 0 Å². The maximum absolute atomic E-state index is 13.8. The monoisotopic (exact) mass is 375 g/mol. The highest BCUT2D eigenvalue weighted by Gasteiger charge is 2.29. The zero-order chi connectivity index (χ0) is 15.8. The van der Waals surface area contributed by atoms with Crippen molar-refractivity contribution in [2.75, 3.05) is 36.4 Å². The highest BCUT2D eigenvalue weighted by molar-refractivity contribution is 9.10. The van der Waals surface area contributed by atoms with Gasteiger partial charge in [-0.2, -0.15) is 0 Å². The van der Waals surface area contributed by atoms with Gasteiger partial charge in [-0.05, 0) is 39.3 Å². The SMILES string of the molecule is CC(C)(C)S(C)(C)CN=C1CN(c2ncc(Br)cc2F)C1. The van der Waals surface area contributed by atoms with E-state index in [1.165, 1.54) is 6.07 Å². The van der Waals surface area contributed by atoms with Gasteiger partial charge in [0.05, 0.1) is 24.7 Å². The quantitative estimate of drug-likeness (QED) is 0.796. The molecule has 0 aromatic carbocycles. The fourth-order valence-electron chi connectivity index (χ4n) is 1.73. The molecule has 0 bridgehead atoms. The second-order valence-electron chi connectivity index (χ2n) is 6.82. The summed E-state index contributed by atoms with van der Waals surface area (Å²) in [7, 11) is -0.767. The number of hydrogen-bond donors (Lipinski definition) is 0. The van der Waals surface area contributed by atoms with E-state index in [9.17, 15) is 4.39 Å². The average molecular weight is 376 g/mol. The minimum Gasteiger partial charge on any atom is -0.343 e. The Morgan fingerprint density at radius 2 is 2.00 bits per heavy atom. The molecule has 3 nitrogen and oxygen atoms in total. The summed E-state index contributed by atoms with van der Waals surface area (Å²) in [6.45, 7) is 8.20. The summed E-state index contributed by atoms with van der Waals surface area (Å²) in [5.41, 5.74) is 1.14. The molecule has 0 spiro atoms. The summed E-state index contributed by atoms with van der Waals surface area (Å²) < 4.78 is 14.8. The van der Waals surface area contributed by atoms with Crippen molar-refractivity contribution in [3.05, 3.63) is 22.6 Å². The highest BCUT2D eigenvalue weighted by atomic mass is 79.9. The van der Waals surface area contributed by atoms with E-state index in [1.54, 1.807) is 6.20 Å². The minimum atomic E-state index is -0.767. The van der Waals surface area contributed by atoms with Crippen LogP contribution in [0.5, 0.6) is 0 Å². The van der Waals surface area contributed by atoms with Crippen LogP contribution in [-0.4, -0.2) is 46.9 Å². The number of aliphatic imine (C=N–C) groups is 1. The summed E-state index contributed by atoms with van der Waals surface area (Å²) in [4.78, 5) is 10.8. The van der Waals surface area contributed by atoms with Crippen molar-refractivity contribution in [1.82, 2.24) is 4.98 Å². The second kappa shape index (κ2) is 5.88. The Labute approximate surface area is 136 Å². The lowest BCUT2D eigenvalue weighted by Crippen LogP contribution is -2.48. The number of nitrogens with zero attached hydrogens (tertiary/aromatic N) is 3. The van der Waals surface area contributed by atoms with Crippen LogP contribution in [-0.2, 0) is 0 Å². The van der Waals surface area contributed by atoms with Crippen LogP contribution >= 0.6 is 26.0 Å². The normalized spacial score (nSPS) is 16.7. The number of anilines is 1. The maximum atomic E-state index is 13.8.